The van der Waals surface area contributed by atoms with Crippen molar-refractivity contribution in [1.82, 2.24) is 5.32 Å². The molecular formula is C40H57ClN4O4. The van der Waals surface area contributed by atoms with Crippen LogP contribution in [-0.2, 0) is 17.6 Å². The number of hydrogen-bond acceptors (Lipinski definition) is 5. The van der Waals surface area contributed by atoms with E-state index < -0.39 is 5.91 Å². The fourth-order valence-electron chi connectivity index (χ4n) is 5.87. The third-order valence-corrected chi connectivity index (χ3v) is 9.28. The summed E-state index contributed by atoms with van der Waals surface area (Å²) in [6, 6.07) is 15.3. The van der Waals surface area contributed by atoms with Gasteiger partial charge in [-0.25, -0.2) is 4.79 Å². The van der Waals surface area contributed by atoms with E-state index in [1.165, 1.54) is 18.4 Å². The fraction of sp³-hybridized carbons (Fsp3) is 0.500. The molecule has 0 unspecified atom stereocenters. The highest BCUT2D eigenvalue weighted by Crippen LogP contribution is 2.43. The average molecular weight is 693 g/mol. The number of aryl methyl sites for hydroxylation is 2. The van der Waals surface area contributed by atoms with Gasteiger partial charge in [0.2, 0.25) is 0 Å². The van der Waals surface area contributed by atoms with Gasteiger partial charge in [-0.3, -0.25) is 9.69 Å². The van der Waals surface area contributed by atoms with Gasteiger partial charge in [0.25, 0.3) is 5.91 Å². The Morgan fingerprint density at radius 1 is 0.816 bits per heavy atom. The Kier molecular flexibility index (Phi) is 16.6. The van der Waals surface area contributed by atoms with Crippen molar-refractivity contribution in [3.05, 3.63) is 70.2 Å². The number of carbonyl (C=O) groups excluding carboxylic acids is 2. The van der Waals surface area contributed by atoms with E-state index in [1.807, 2.05) is 30.3 Å². The molecule has 0 aliphatic carbocycles. The minimum atomic E-state index is -0.449. The van der Waals surface area contributed by atoms with Crippen LogP contribution in [0, 0.1) is 6.92 Å². The predicted octanol–water partition coefficient (Wildman–Crippen LogP) is 10.3. The SMILES string of the molecule is CCCCCc1ccc(OCC(=O)Nc2cc(N(C(=O)NCCCC)c3ccc(N(CC)CC)cc3)c(C)c(Cl)c2O)c(CCCCC)c1. The van der Waals surface area contributed by atoms with E-state index in [2.05, 4.69) is 62.3 Å². The highest BCUT2D eigenvalue weighted by molar-refractivity contribution is 6.34. The fourth-order valence-corrected chi connectivity index (χ4v) is 6.06. The number of halogens is 1. The van der Waals surface area contributed by atoms with Gasteiger partial charge in [0.15, 0.2) is 12.4 Å². The van der Waals surface area contributed by atoms with E-state index in [0.717, 1.165) is 75.7 Å². The minimum Gasteiger partial charge on any atom is -0.504 e. The summed E-state index contributed by atoms with van der Waals surface area (Å²) in [6.45, 7) is 14.4. The summed E-state index contributed by atoms with van der Waals surface area (Å²) in [7, 11) is 0. The molecular weight excluding hydrogens is 636 g/mol. The summed E-state index contributed by atoms with van der Waals surface area (Å²) in [6.07, 6.45) is 10.5. The first kappa shape index (κ1) is 39.5. The van der Waals surface area contributed by atoms with Gasteiger partial charge in [0.1, 0.15) is 5.75 Å². The van der Waals surface area contributed by atoms with Crippen LogP contribution in [0.25, 0.3) is 0 Å². The minimum absolute atomic E-state index is 0.0525. The maximum Gasteiger partial charge on any atom is 0.326 e. The van der Waals surface area contributed by atoms with E-state index in [9.17, 15) is 14.7 Å². The number of hydrogen-bond donors (Lipinski definition) is 3. The van der Waals surface area contributed by atoms with Crippen molar-refractivity contribution < 1.29 is 19.4 Å². The van der Waals surface area contributed by atoms with Crippen LogP contribution >= 0.6 is 11.6 Å². The van der Waals surface area contributed by atoms with Gasteiger partial charge < -0.3 is 25.4 Å². The van der Waals surface area contributed by atoms with Crippen molar-refractivity contribution in [2.75, 3.05) is 41.4 Å². The lowest BCUT2D eigenvalue weighted by Gasteiger charge is -2.28. The molecule has 0 radical (unpaired) electrons. The van der Waals surface area contributed by atoms with Gasteiger partial charge in [0.05, 0.1) is 22.1 Å². The standard InChI is InChI=1S/C40H57ClN4O4/c1-7-12-15-17-30-19-24-36(31(26-30)18-16-13-8-2)49-28-37(46)43-34-27-35(29(6)38(41)39(34)47)45(40(48)42-25-14-9-3)33-22-20-32(21-23-33)44(10-4)11-5/h19-24,26-27,47H,7-18,25,28H2,1-6H3,(H,42,48)(H,43,46). The molecule has 3 N–H and O–H groups in total. The van der Waals surface area contributed by atoms with Crippen LogP contribution in [0.2, 0.25) is 5.02 Å². The number of phenols is 1. The normalized spacial score (nSPS) is 10.9. The zero-order valence-electron chi connectivity index (χ0n) is 30.5. The molecule has 3 aromatic carbocycles. The van der Waals surface area contributed by atoms with Crippen LogP contribution < -0.4 is 25.2 Å². The molecule has 0 bridgehead atoms. The summed E-state index contributed by atoms with van der Waals surface area (Å²) >= 11 is 6.66. The van der Waals surface area contributed by atoms with Crippen LogP contribution in [0.3, 0.4) is 0 Å². The van der Waals surface area contributed by atoms with Gasteiger partial charge in [-0.15, -0.1) is 0 Å². The molecule has 0 aliphatic rings. The molecule has 49 heavy (non-hydrogen) atoms. The van der Waals surface area contributed by atoms with Crippen molar-refractivity contribution in [2.24, 2.45) is 0 Å². The number of rotatable bonds is 20. The van der Waals surface area contributed by atoms with E-state index >= 15 is 0 Å². The number of urea groups is 1. The van der Waals surface area contributed by atoms with Gasteiger partial charge in [0, 0.05) is 25.3 Å². The summed E-state index contributed by atoms with van der Waals surface area (Å²) < 4.78 is 6.06. The highest BCUT2D eigenvalue weighted by Gasteiger charge is 2.25. The van der Waals surface area contributed by atoms with Crippen LogP contribution in [-0.4, -0.2) is 43.3 Å². The molecule has 0 heterocycles. The molecule has 0 saturated heterocycles. The number of nitrogens with one attached hydrogen (secondary N) is 2. The summed E-state index contributed by atoms with van der Waals surface area (Å²) in [5, 5.41) is 16.9. The molecule has 8 nitrogen and oxygen atoms in total. The quantitative estimate of drug-likeness (QED) is 0.0809. The molecule has 0 spiro atoms. The van der Waals surface area contributed by atoms with Crippen molar-refractivity contribution in [3.63, 3.8) is 0 Å². The Labute approximate surface area is 299 Å². The number of benzene rings is 3. The maximum absolute atomic E-state index is 13.7. The average Bonchev–Trinajstić information content (AvgIpc) is 3.10. The number of aromatic hydroxyl groups is 1. The first-order valence-electron chi connectivity index (χ1n) is 18.2. The van der Waals surface area contributed by atoms with Crippen molar-refractivity contribution in [3.8, 4) is 11.5 Å². The summed E-state index contributed by atoms with van der Waals surface area (Å²) in [4.78, 5) is 30.8. The molecule has 3 aromatic rings. The van der Waals surface area contributed by atoms with Gasteiger partial charge in [-0.05, 0) is 106 Å². The number of ether oxygens (including phenoxy) is 1. The first-order chi connectivity index (χ1) is 23.7. The number of unbranched alkanes of at least 4 members (excludes halogenated alkanes) is 5. The Morgan fingerprint density at radius 3 is 2.08 bits per heavy atom. The second-order valence-corrected chi connectivity index (χ2v) is 12.9. The van der Waals surface area contributed by atoms with E-state index in [1.54, 1.807) is 17.9 Å². The lowest BCUT2D eigenvalue weighted by atomic mass is 10.0. The smallest absolute Gasteiger partial charge is 0.326 e. The topological polar surface area (TPSA) is 94.1 Å². The van der Waals surface area contributed by atoms with Gasteiger partial charge in [-0.2, -0.15) is 0 Å². The van der Waals surface area contributed by atoms with Crippen LogP contribution in [0.4, 0.5) is 27.5 Å². The van der Waals surface area contributed by atoms with Crippen LogP contribution in [0.5, 0.6) is 11.5 Å². The zero-order valence-corrected chi connectivity index (χ0v) is 31.2. The second-order valence-electron chi connectivity index (χ2n) is 12.5. The summed E-state index contributed by atoms with van der Waals surface area (Å²) in [5.41, 5.74) is 5.12. The van der Waals surface area contributed by atoms with Crippen LogP contribution in [0.15, 0.2) is 48.5 Å². The number of phenolic OH excluding ortho intramolecular Hbond substituents is 1. The lowest BCUT2D eigenvalue weighted by Crippen LogP contribution is -2.38. The molecule has 268 valence electrons. The van der Waals surface area contributed by atoms with Crippen LogP contribution in [0.1, 0.15) is 103 Å². The highest BCUT2D eigenvalue weighted by atomic mass is 35.5. The molecule has 0 aromatic heterocycles. The van der Waals surface area contributed by atoms with Crippen molar-refractivity contribution in [1.29, 1.82) is 0 Å². The molecule has 0 aliphatic heterocycles. The van der Waals surface area contributed by atoms with E-state index in [0.29, 0.717) is 29.2 Å². The zero-order chi connectivity index (χ0) is 35.8. The van der Waals surface area contributed by atoms with E-state index in [-0.39, 0.29) is 29.1 Å². The van der Waals surface area contributed by atoms with Gasteiger partial charge in [-0.1, -0.05) is 76.6 Å². The summed E-state index contributed by atoms with van der Waals surface area (Å²) in [5.74, 6) is -0.0215. The monoisotopic (exact) mass is 692 g/mol. The molecule has 9 heteroatoms. The van der Waals surface area contributed by atoms with Crippen molar-refractivity contribution in [2.45, 2.75) is 106 Å². The number of nitrogens with zero attached hydrogens (tertiary/aromatic N) is 2. The lowest BCUT2D eigenvalue weighted by molar-refractivity contribution is -0.118. The molecule has 3 rings (SSSR count). The largest absolute Gasteiger partial charge is 0.504 e. The number of amides is 3. The number of anilines is 4. The Hall–Kier alpha value is -3.91. The molecule has 0 fully saturated rings. The Bertz CT molecular complexity index is 1490. The first-order valence-corrected chi connectivity index (χ1v) is 18.6. The Morgan fingerprint density at radius 2 is 1.45 bits per heavy atom. The number of carbonyl (C=O) groups is 2. The molecule has 3 amide bonds. The Balaban J connectivity index is 1.89. The molecule has 0 atom stereocenters. The molecule has 0 saturated carbocycles. The third kappa shape index (κ3) is 11.3. The second kappa shape index (κ2) is 20.6. The van der Waals surface area contributed by atoms with Gasteiger partial charge >= 0.3 is 6.03 Å². The predicted molar refractivity (Wildman–Crippen MR) is 205 cm³/mol. The van der Waals surface area contributed by atoms with Crippen molar-refractivity contribution >= 4 is 46.3 Å². The maximum atomic E-state index is 13.7. The third-order valence-electron chi connectivity index (χ3n) is 8.82. The van der Waals surface area contributed by atoms with E-state index in [4.69, 9.17) is 16.3 Å².